The Morgan fingerprint density at radius 1 is 1.23 bits per heavy atom. The lowest BCUT2D eigenvalue weighted by Gasteiger charge is -2.29. The first-order chi connectivity index (χ1) is 6.11. The third-order valence-corrected chi connectivity index (χ3v) is 2.99. The van der Waals surface area contributed by atoms with E-state index in [2.05, 4.69) is 37.9 Å². The third-order valence-electron chi connectivity index (χ3n) is 2.99. The lowest BCUT2D eigenvalue weighted by molar-refractivity contribution is 0.202. The van der Waals surface area contributed by atoms with E-state index in [9.17, 15) is 0 Å². The molecule has 0 aliphatic carbocycles. The van der Waals surface area contributed by atoms with Crippen LogP contribution in [-0.4, -0.2) is 36.6 Å². The molecule has 0 saturated carbocycles. The molecule has 1 atom stereocenters. The van der Waals surface area contributed by atoms with E-state index >= 15 is 0 Å². The first-order valence-corrected chi connectivity index (χ1v) is 5.58. The summed E-state index contributed by atoms with van der Waals surface area (Å²) in [6.45, 7) is 12.9. The van der Waals surface area contributed by atoms with E-state index in [0.717, 1.165) is 5.92 Å². The summed E-state index contributed by atoms with van der Waals surface area (Å²) in [6, 6.07) is 1.38. The highest BCUT2D eigenvalue weighted by atomic mass is 15.2. The van der Waals surface area contributed by atoms with Crippen LogP contribution in [0.5, 0.6) is 0 Å². The second-order valence-electron chi connectivity index (χ2n) is 4.75. The topological polar surface area (TPSA) is 15.3 Å². The van der Waals surface area contributed by atoms with Gasteiger partial charge >= 0.3 is 0 Å². The lowest BCUT2D eigenvalue weighted by Crippen LogP contribution is -2.43. The fraction of sp³-hybridized carbons (Fsp3) is 1.00. The molecule has 1 rings (SSSR count). The standard InChI is InChI=1S/C11H24N2/c1-9(2)11-8-13(10(3)4)7-5-6-12-11/h9-12H,5-8H2,1-4H3. The first kappa shape index (κ1) is 11.0. The van der Waals surface area contributed by atoms with Crippen molar-refractivity contribution in [1.82, 2.24) is 10.2 Å². The summed E-state index contributed by atoms with van der Waals surface area (Å²) in [7, 11) is 0. The SMILES string of the molecule is CC(C)C1CN(C(C)C)CCCN1. The molecule has 1 N–H and O–H groups in total. The Balaban J connectivity index is 2.49. The molecular weight excluding hydrogens is 160 g/mol. The van der Waals surface area contributed by atoms with E-state index in [0.29, 0.717) is 12.1 Å². The van der Waals surface area contributed by atoms with Crippen LogP contribution in [0.3, 0.4) is 0 Å². The molecule has 13 heavy (non-hydrogen) atoms. The molecular formula is C11H24N2. The molecule has 2 heteroatoms. The van der Waals surface area contributed by atoms with Crippen LogP contribution in [0, 0.1) is 5.92 Å². The fourth-order valence-electron chi connectivity index (χ4n) is 1.89. The van der Waals surface area contributed by atoms with Crippen molar-refractivity contribution in [3.8, 4) is 0 Å². The van der Waals surface area contributed by atoms with Crippen LogP contribution in [0.1, 0.15) is 34.1 Å². The maximum atomic E-state index is 3.62. The molecule has 0 spiro atoms. The summed E-state index contributed by atoms with van der Waals surface area (Å²) in [6.07, 6.45) is 1.29. The van der Waals surface area contributed by atoms with Crippen LogP contribution in [-0.2, 0) is 0 Å². The first-order valence-electron chi connectivity index (χ1n) is 5.58. The van der Waals surface area contributed by atoms with Gasteiger partial charge < -0.3 is 5.32 Å². The number of nitrogens with zero attached hydrogens (tertiary/aromatic N) is 1. The molecule has 1 aliphatic heterocycles. The highest BCUT2D eigenvalue weighted by Crippen LogP contribution is 2.10. The summed E-state index contributed by atoms with van der Waals surface area (Å²) >= 11 is 0. The quantitative estimate of drug-likeness (QED) is 0.703. The Morgan fingerprint density at radius 3 is 2.46 bits per heavy atom. The minimum atomic E-state index is 0.685. The normalized spacial score (nSPS) is 26.8. The molecule has 0 bridgehead atoms. The third kappa shape index (κ3) is 3.28. The van der Waals surface area contributed by atoms with Crippen molar-refractivity contribution in [3.63, 3.8) is 0 Å². The van der Waals surface area contributed by atoms with Crippen LogP contribution >= 0.6 is 0 Å². The molecule has 0 amide bonds. The van der Waals surface area contributed by atoms with Crippen LogP contribution in [0.15, 0.2) is 0 Å². The van der Waals surface area contributed by atoms with Gasteiger partial charge in [-0.25, -0.2) is 0 Å². The minimum Gasteiger partial charge on any atom is -0.312 e. The van der Waals surface area contributed by atoms with E-state index in [4.69, 9.17) is 0 Å². The van der Waals surface area contributed by atoms with E-state index in [-0.39, 0.29) is 0 Å². The zero-order chi connectivity index (χ0) is 9.84. The van der Waals surface area contributed by atoms with Gasteiger partial charge in [-0.1, -0.05) is 13.8 Å². The van der Waals surface area contributed by atoms with Crippen molar-refractivity contribution in [1.29, 1.82) is 0 Å². The fourth-order valence-corrected chi connectivity index (χ4v) is 1.89. The summed E-state index contributed by atoms with van der Waals surface area (Å²) in [5.74, 6) is 0.749. The van der Waals surface area contributed by atoms with Gasteiger partial charge in [-0.3, -0.25) is 4.90 Å². The molecule has 0 aromatic heterocycles. The molecule has 0 aromatic carbocycles. The van der Waals surface area contributed by atoms with E-state index < -0.39 is 0 Å². The van der Waals surface area contributed by atoms with Gasteiger partial charge in [-0.2, -0.15) is 0 Å². The minimum absolute atomic E-state index is 0.685. The largest absolute Gasteiger partial charge is 0.312 e. The molecule has 1 unspecified atom stereocenters. The monoisotopic (exact) mass is 184 g/mol. The Morgan fingerprint density at radius 2 is 1.92 bits per heavy atom. The van der Waals surface area contributed by atoms with Crippen LogP contribution in [0.4, 0.5) is 0 Å². The molecule has 1 fully saturated rings. The van der Waals surface area contributed by atoms with Crippen molar-refractivity contribution in [2.24, 2.45) is 5.92 Å². The van der Waals surface area contributed by atoms with Crippen LogP contribution in [0.25, 0.3) is 0 Å². The van der Waals surface area contributed by atoms with E-state index in [1.165, 1.54) is 26.1 Å². The number of nitrogens with one attached hydrogen (secondary N) is 1. The van der Waals surface area contributed by atoms with Crippen molar-refractivity contribution in [2.75, 3.05) is 19.6 Å². The lowest BCUT2D eigenvalue weighted by atomic mass is 10.0. The highest BCUT2D eigenvalue weighted by molar-refractivity contribution is 4.80. The number of hydrogen-bond donors (Lipinski definition) is 1. The maximum Gasteiger partial charge on any atom is 0.0218 e. The summed E-state index contributed by atoms with van der Waals surface area (Å²) in [5, 5.41) is 3.62. The van der Waals surface area contributed by atoms with Gasteiger partial charge in [0.1, 0.15) is 0 Å². The van der Waals surface area contributed by atoms with Gasteiger partial charge in [0.15, 0.2) is 0 Å². The maximum absolute atomic E-state index is 3.62. The van der Waals surface area contributed by atoms with E-state index in [1.54, 1.807) is 0 Å². The van der Waals surface area contributed by atoms with Crippen molar-refractivity contribution < 1.29 is 0 Å². The van der Waals surface area contributed by atoms with Crippen LogP contribution < -0.4 is 5.32 Å². The predicted octanol–water partition coefficient (Wildman–Crippen LogP) is 1.71. The van der Waals surface area contributed by atoms with Gasteiger partial charge in [0.25, 0.3) is 0 Å². The van der Waals surface area contributed by atoms with Gasteiger partial charge in [-0.05, 0) is 39.3 Å². The second kappa shape index (κ2) is 4.97. The molecule has 1 heterocycles. The number of hydrogen-bond acceptors (Lipinski definition) is 2. The summed E-state index contributed by atoms with van der Waals surface area (Å²) in [5.41, 5.74) is 0. The van der Waals surface area contributed by atoms with Crippen LogP contribution in [0.2, 0.25) is 0 Å². The average Bonchev–Trinajstić information content (AvgIpc) is 2.28. The molecule has 78 valence electrons. The van der Waals surface area contributed by atoms with Gasteiger partial charge in [0.2, 0.25) is 0 Å². The van der Waals surface area contributed by atoms with Gasteiger partial charge in [-0.15, -0.1) is 0 Å². The predicted molar refractivity (Wildman–Crippen MR) is 58.0 cm³/mol. The molecule has 1 saturated heterocycles. The van der Waals surface area contributed by atoms with Crippen molar-refractivity contribution in [2.45, 2.75) is 46.2 Å². The Hall–Kier alpha value is -0.0800. The van der Waals surface area contributed by atoms with Crippen molar-refractivity contribution >= 4 is 0 Å². The molecule has 1 aliphatic rings. The second-order valence-corrected chi connectivity index (χ2v) is 4.75. The van der Waals surface area contributed by atoms with Gasteiger partial charge in [0.05, 0.1) is 0 Å². The molecule has 2 nitrogen and oxygen atoms in total. The van der Waals surface area contributed by atoms with E-state index in [1.807, 2.05) is 0 Å². The summed E-state index contributed by atoms with van der Waals surface area (Å²) in [4.78, 5) is 2.59. The smallest absolute Gasteiger partial charge is 0.0218 e. The highest BCUT2D eigenvalue weighted by Gasteiger charge is 2.21. The average molecular weight is 184 g/mol. The summed E-state index contributed by atoms with van der Waals surface area (Å²) < 4.78 is 0. The van der Waals surface area contributed by atoms with Crippen molar-refractivity contribution in [3.05, 3.63) is 0 Å². The Bertz CT molecular complexity index is 127. The Labute approximate surface area is 82.7 Å². The zero-order valence-corrected chi connectivity index (χ0v) is 9.51. The molecule has 0 aromatic rings. The Kier molecular flexibility index (Phi) is 4.20. The number of rotatable bonds is 2. The zero-order valence-electron chi connectivity index (χ0n) is 9.51. The van der Waals surface area contributed by atoms with Gasteiger partial charge in [0, 0.05) is 18.6 Å². The molecule has 0 radical (unpaired) electrons.